The number of Topliss-reactive ketones (excluding diaryl/α,β-unsaturated/α-hetero) is 2. The molecule has 4 heteroatoms. The molecule has 2 aliphatic carbocycles. The molecule has 0 saturated carbocycles. The van der Waals surface area contributed by atoms with Gasteiger partial charge in [-0.05, 0) is 76.2 Å². The molecule has 0 fully saturated rings. The van der Waals surface area contributed by atoms with Gasteiger partial charge in [-0.15, -0.1) is 0 Å². The van der Waals surface area contributed by atoms with Gasteiger partial charge in [-0.3, -0.25) is 9.59 Å². The zero-order valence-corrected chi connectivity index (χ0v) is 17.7. The minimum Gasteiger partial charge on any atom is -0.508 e. The van der Waals surface area contributed by atoms with Gasteiger partial charge in [0.25, 0.3) is 0 Å². The second kappa shape index (κ2) is 7.17. The summed E-state index contributed by atoms with van der Waals surface area (Å²) in [6.07, 6.45) is 0.509. The molecule has 0 amide bonds. The second-order valence-corrected chi connectivity index (χ2v) is 8.77. The minimum absolute atomic E-state index is 0.0491. The summed E-state index contributed by atoms with van der Waals surface area (Å²) in [7, 11) is 0. The fraction of sp³-hybridized carbons (Fsp3) is 0.103. The van der Waals surface area contributed by atoms with Gasteiger partial charge in [-0.1, -0.05) is 48.5 Å². The summed E-state index contributed by atoms with van der Waals surface area (Å²) in [5.74, 6) is -0.188. The molecule has 0 radical (unpaired) electrons. The largest absolute Gasteiger partial charge is 0.508 e. The van der Waals surface area contributed by atoms with Gasteiger partial charge >= 0.3 is 0 Å². The highest BCUT2D eigenvalue weighted by Crippen LogP contribution is 2.48. The quantitative estimate of drug-likeness (QED) is 0.402. The molecule has 6 rings (SSSR count). The third-order valence-electron chi connectivity index (χ3n) is 6.89. The van der Waals surface area contributed by atoms with Crippen LogP contribution >= 0.6 is 0 Å². The van der Waals surface area contributed by atoms with E-state index in [0.717, 1.165) is 33.4 Å². The molecule has 160 valence electrons. The maximum atomic E-state index is 13.5. The normalized spacial score (nSPS) is 18.5. The van der Waals surface area contributed by atoms with Crippen molar-refractivity contribution in [3.05, 3.63) is 107 Å². The van der Waals surface area contributed by atoms with Gasteiger partial charge in [-0.25, -0.2) is 0 Å². The Hall–Kier alpha value is -4.18. The lowest BCUT2D eigenvalue weighted by Crippen LogP contribution is -2.34. The first-order chi connectivity index (χ1) is 16.0. The standard InChI is InChI=1S/C29H20O4/c30-20-7-1-16(2-8-20)18-5-11-22-24(13-18)28(32)27-15-26(22)29(33)25-14-19(6-12-23(25)27)17-3-9-21(31)10-4-17/h1-14,26-27,30-31H,15H2. The van der Waals surface area contributed by atoms with Crippen LogP contribution in [0.5, 0.6) is 11.5 Å². The lowest BCUT2D eigenvalue weighted by Gasteiger charge is -2.36. The molecule has 2 aliphatic rings. The van der Waals surface area contributed by atoms with Crippen molar-refractivity contribution in [1.29, 1.82) is 0 Å². The number of hydrogen-bond acceptors (Lipinski definition) is 4. The summed E-state index contributed by atoms with van der Waals surface area (Å²) in [6.45, 7) is 0. The van der Waals surface area contributed by atoms with E-state index in [-0.39, 0.29) is 34.9 Å². The number of benzene rings is 4. The summed E-state index contributed by atoms with van der Waals surface area (Å²) in [6, 6.07) is 25.2. The van der Waals surface area contributed by atoms with Crippen molar-refractivity contribution in [3.63, 3.8) is 0 Å². The molecular weight excluding hydrogens is 412 g/mol. The van der Waals surface area contributed by atoms with Crippen LogP contribution in [-0.2, 0) is 0 Å². The van der Waals surface area contributed by atoms with Crippen molar-refractivity contribution in [2.45, 2.75) is 18.3 Å². The number of carbonyl (C=O) groups is 2. The summed E-state index contributed by atoms with van der Waals surface area (Å²) in [5.41, 5.74) is 6.41. The lowest BCUT2D eigenvalue weighted by molar-refractivity contribution is 0.0875. The summed E-state index contributed by atoms with van der Waals surface area (Å²) >= 11 is 0. The summed E-state index contributed by atoms with van der Waals surface area (Å²) in [5, 5.41) is 19.1. The van der Waals surface area contributed by atoms with E-state index < -0.39 is 0 Å². The van der Waals surface area contributed by atoms with E-state index in [9.17, 15) is 19.8 Å². The highest BCUT2D eigenvalue weighted by Gasteiger charge is 2.44. The summed E-state index contributed by atoms with van der Waals surface area (Å²) in [4.78, 5) is 27.1. The molecule has 2 N–H and O–H groups in total. The van der Waals surface area contributed by atoms with Crippen molar-refractivity contribution >= 4 is 11.6 Å². The Morgan fingerprint density at radius 3 is 1.27 bits per heavy atom. The third-order valence-corrected chi connectivity index (χ3v) is 6.89. The number of phenolic OH excluding ortho intramolecular Hbond substituents is 2. The zero-order chi connectivity index (χ0) is 22.7. The van der Waals surface area contributed by atoms with Crippen LogP contribution in [0.3, 0.4) is 0 Å². The van der Waals surface area contributed by atoms with E-state index >= 15 is 0 Å². The van der Waals surface area contributed by atoms with Crippen molar-refractivity contribution in [2.24, 2.45) is 0 Å². The topological polar surface area (TPSA) is 74.6 Å². The molecular formula is C29H20O4. The number of fused-ring (bicyclic) bond motifs is 6. The Kier molecular flexibility index (Phi) is 4.24. The minimum atomic E-state index is -0.334. The predicted molar refractivity (Wildman–Crippen MR) is 126 cm³/mol. The van der Waals surface area contributed by atoms with Crippen LogP contribution in [0.15, 0.2) is 84.9 Å². The van der Waals surface area contributed by atoms with Crippen molar-refractivity contribution < 1.29 is 19.8 Å². The molecule has 0 aromatic heterocycles. The van der Waals surface area contributed by atoms with Crippen molar-refractivity contribution in [3.8, 4) is 33.8 Å². The van der Waals surface area contributed by atoms with Crippen LogP contribution in [0.25, 0.3) is 22.3 Å². The maximum absolute atomic E-state index is 13.5. The van der Waals surface area contributed by atoms with Crippen molar-refractivity contribution in [1.82, 2.24) is 0 Å². The average molecular weight is 432 g/mol. The first-order valence-electron chi connectivity index (χ1n) is 10.9. The monoisotopic (exact) mass is 432 g/mol. The first kappa shape index (κ1) is 19.5. The van der Waals surface area contributed by atoms with E-state index in [1.54, 1.807) is 24.3 Å². The number of aromatic hydroxyl groups is 2. The predicted octanol–water partition coefficient (Wildman–Crippen LogP) is 6.08. The van der Waals surface area contributed by atoms with Crippen LogP contribution in [0.1, 0.15) is 50.1 Å². The highest BCUT2D eigenvalue weighted by molar-refractivity contribution is 6.14. The maximum Gasteiger partial charge on any atom is 0.170 e. The van der Waals surface area contributed by atoms with Gasteiger partial charge < -0.3 is 10.2 Å². The first-order valence-corrected chi connectivity index (χ1v) is 10.9. The number of ketones is 2. The zero-order valence-electron chi connectivity index (χ0n) is 17.7. The van der Waals surface area contributed by atoms with E-state index in [0.29, 0.717) is 17.5 Å². The van der Waals surface area contributed by atoms with Gasteiger partial charge in [0, 0.05) is 23.0 Å². The van der Waals surface area contributed by atoms with Crippen LogP contribution < -0.4 is 0 Å². The smallest absolute Gasteiger partial charge is 0.170 e. The van der Waals surface area contributed by atoms with Crippen LogP contribution in [0, 0.1) is 0 Å². The van der Waals surface area contributed by atoms with E-state index in [4.69, 9.17) is 0 Å². The molecule has 0 heterocycles. The molecule has 2 atom stereocenters. The second-order valence-electron chi connectivity index (χ2n) is 8.77. The van der Waals surface area contributed by atoms with Crippen LogP contribution in [-0.4, -0.2) is 21.8 Å². The third kappa shape index (κ3) is 3.06. The van der Waals surface area contributed by atoms with E-state index in [1.165, 1.54) is 0 Å². The molecule has 0 saturated heterocycles. The van der Waals surface area contributed by atoms with Crippen LogP contribution in [0.2, 0.25) is 0 Å². The highest BCUT2D eigenvalue weighted by atomic mass is 16.3. The van der Waals surface area contributed by atoms with Gasteiger partial charge in [-0.2, -0.15) is 0 Å². The van der Waals surface area contributed by atoms with Crippen molar-refractivity contribution in [2.75, 3.05) is 0 Å². The Labute approximate surface area is 190 Å². The molecule has 2 unspecified atom stereocenters. The Morgan fingerprint density at radius 2 is 0.879 bits per heavy atom. The fourth-order valence-corrected chi connectivity index (χ4v) is 5.18. The molecule has 4 aromatic carbocycles. The molecule has 4 aromatic rings. The molecule has 4 nitrogen and oxygen atoms in total. The molecule has 33 heavy (non-hydrogen) atoms. The Bertz CT molecular complexity index is 1320. The Morgan fingerprint density at radius 1 is 0.515 bits per heavy atom. The average Bonchev–Trinajstić information content (AvgIpc) is 2.84. The number of phenols is 2. The van der Waals surface area contributed by atoms with E-state index in [2.05, 4.69) is 0 Å². The van der Waals surface area contributed by atoms with Crippen LogP contribution in [0.4, 0.5) is 0 Å². The van der Waals surface area contributed by atoms with Gasteiger partial charge in [0.15, 0.2) is 11.6 Å². The fourth-order valence-electron chi connectivity index (χ4n) is 5.18. The summed E-state index contributed by atoms with van der Waals surface area (Å²) < 4.78 is 0. The Balaban J connectivity index is 1.43. The molecule has 0 spiro atoms. The van der Waals surface area contributed by atoms with E-state index in [1.807, 2.05) is 60.7 Å². The van der Waals surface area contributed by atoms with Gasteiger partial charge in [0.2, 0.25) is 0 Å². The number of hydrogen-bond donors (Lipinski definition) is 2. The van der Waals surface area contributed by atoms with Gasteiger partial charge in [0.05, 0.1) is 0 Å². The lowest BCUT2D eigenvalue weighted by atomic mass is 9.65. The molecule has 0 aliphatic heterocycles. The molecule has 2 bridgehead atoms. The SMILES string of the molecule is O=C1c2cc(-c3ccc(O)cc3)ccc2C2CC1c1ccc(-c3ccc(O)cc3)cc1C2=O. The van der Waals surface area contributed by atoms with Gasteiger partial charge in [0.1, 0.15) is 11.5 Å². The number of carbonyl (C=O) groups excluding carboxylic acids is 2. The number of rotatable bonds is 2.